The molecule has 0 aliphatic rings. The summed E-state index contributed by atoms with van der Waals surface area (Å²) in [4.78, 5) is 0. The molecule has 0 amide bonds. The third kappa shape index (κ3) is 2.40. The minimum atomic E-state index is -1.43. The van der Waals surface area contributed by atoms with Gasteiger partial charge in [0.2, 0.25) is 0 Å². The average molecular weight is 298 g/mol. The molecular weight excluding hydrogens is 283 g/mol. The Morgan fingerprint density at radius 2 is 1.30 bits per heavy atom. The number of fused-ring (bicyclic) bond motifs is 3. The van der Waals surface area contributed by atoms with Gasteiger partial charge in [0, 0.05) is 0 Å². The van der Waals surface area contributed by atoms with Crippen molar-refractivity contribution in [3.8, 4) is 11.1 Å². The molecule has 0 spiro atoms. The number of hydrogen-bond acceptors (Lipinski definition) is 2. The molecule has 0 saturated heterocycles. The summed E-state index contributed by atoms with van der Waals surface area (Å²) in [7, 11) is -1.43. The highest BCUT2D eigenvalue weighted by Crippen LogP contribution is 2.32. The summed E-state index contributed by atoms with van der Waals surface area (Å²) >= 11 is 0. The fraction of sp³-hybridized carbons (Fsp3) is 0. The van der Waals surface area contributed by atoms with E-state index < -0.39 is 7.12 Å². The first-order valence-electron chi connectivity index (χ1n) is 7.61. The maximum atomic E-state index is 9.23. The van der Waals surface area contributed by atoms with Crippen molar-refractivity contribution in [2.45, 2.75) is 0 Å². The van der Waals surface area contributed by atoms with Crippen molar-refractivity contribution in [3.05, 3.63) is 78.9 Å². The summed E-state index contributed by atoms with van der Waals surface area (Å²) in [6.45, 7) is 0. The molecule has 0 radical (unpaired) electrons. The van der Waals surface area contributed by atoms with Crippen LogP contribution in [0.2, 0.25) is 0 Å². The minimum Gasteiger partial charge on any atom is -0.423 e. The van der Waals surface area contributed by atoms with Crippen LogP contribution in [0.1, 0.15) is 0 Å². The van der Waals surface area contributed by atoms with E-state index in [0.717, 1.165) is 11.1 Å². The summed E-state index contributed by atoms with van der Waals surface area (Å²) in [5.74, 6) is 0. The second-order valence-electron chi connectivity index (χ2n) is 5.68. The van der Waals surface area contributed by atoms with E-state index in [-0.39, 0.29) is 0 Å². The number of hydrogen-bond donors (Lipinski definition) is 2. The molecule has 3 heteroatoms. The van der Waals surface area contributed by atoms with Crippen LogP contribution in [0.5, 0.6) is 0 Å². The quantitative estimate of drug-likeness (QED) is 0.440. The van der Waals surface area contributed by atoms with Gasteiger partial charge in [-0.1, -0.05) is 78.9 Å². The Hall–Kier alpha value is -2.62. The van der Waals surface area contributed by atoms with Crippen LogP contribution < -0.4 is 5.46 Å². The molecule has 110 valence electrons. The summed E-state index contributed by atoms with van der Waals surface area (Å²) in [6, 6.07) is 26.4. The summed E-state index contributed by atoms with van der Waals surface area (Å²) in [6.07, 6.45) is 0. The third-order valence-electron chi connectivity index (χ3n) is 4.31. The van der Waals surface area contributed by atoms with E-state index in [2.05, 4.69) is 54.6 Å². The molecule has 0 heterocycles. The van der Waals surface area contributed by atoms with Gasteiger partial charge in [-0.2, -0.15) is 0 Å². The van der Waals surface area contributed by atoms with Crippen LogP contribution in [0.4, 0.5) is 0 Å². The van der Waals surface area contributed by atoms with E-state index in [4.69, 9.17) is 0 Å². The molecule has 23 heavy (non-hydrogen) atoms. The largest absolute Gasteiger partial charge is 0.488 e. The van der Waals surface area contributed by atoms with E-state index >= 15 is 0 Å². The first-order valence-corrected chi connectivity index (χ1v) is 7.61. The van der Waals surface area contributed by atoms with Gasteiger partial charge >= 0.3 is 7.12 Å². The summed E-state index contributed by atoms with van der Waals surface area (Å²) in [5.41, 5.74) is 2.71. The van der Waals surface area contributed by atoms with Crippen molar-refractivity contribution in [1.82, 2.24) is 0 Å². The van der Waals surface area contributed by atoms with Gasteiger partial charge < -0.3 is 10.0 Å². The smallest absolute Gasteiger partial charge is 0.423 e. The zero-order chi connectivity index (χ0) is 15.8. The molecule has 0 fully saturated rings. The fourth-order valence-corrected chi connectivity index (χ4v) is 3.13. The highest BCUT2D eigenvalue weighted by molar-refractivity contribution is 6.58. The van der Waals surface area contributed by atoms with Crippen LogP contribution >= 0.6 is 0 Å². The van der Waals surface area contributed by atoms with Crippen LogP contribution in [-0.2, 0) is 0 Å². The third-order valence-corrected chi connectivity index (χ3v) is 4.31. The molecular formula is C20H15BO2. The second-order valence-corrected chi connectivity index (χ2v) is 5.68. The van der Waals surface area contributed by atoms with Gasteiger partial charge in [-0.15, -0.1) is 0 Å². The van der Waals surface area contributed by atoms with E-state index in [1.165, 1.54) is 21.5 Å². The predicted octanol–water partition coefficient (Wildman–Crippen LogP) is 3.34. The van der Waals surface area contributed by atoms with E-state index in [0.29, 0.717) is 5.46 Å². The van der Waals surface area contributed by atoms with Gasteiger partial charge in [0.25, 0.3) is 0 Å². The Bertz CT molecular complexity index is 991. The van der Waals surface area contributed by atoms with Gasteiger partial charge in [0.1, 0.15) is 0 Å². The Morgan fingerprint density at radius 3 is 2.09 bits per heavy atom. The van der Waals surface area contributed by atoms with Gasteiger partial charge in [-0.05, 0) is 38.1 Å². The van der Waals surface area contributed by atoms with Crippen LogP contribution in [0.3, 0.4) is 0 Å². The Morgan fingerprint density at radius 1 is 0.565 bits per heavy atom. The van der Waals surface area contributed by atoms with Crippen molar-refractivity contribution < 1.29 is 10.0 Å². The highest BCUT2D eigenvalue weighted by atomic mass is 16.4. The van der Waals surface area contributed by atoms with Crippen LogP contribution in [-0.4, -0.2) is 17.2 Å². The van der Waals surface area contributed by atoms with Gasteiger partial charge in [-0.3, -0.25) is 0 Å². The topological polar surface area (TPSA) is 40.5 Å². The Kier molecular flexibility index (Phi) is 3.38. The lowest BCUT2D eigenvalue weighted by molar-refractivity contribution is 0.426. The lowest BCUT2D eigenvalue weighted by Gasteiger charge is -2.10. The van der Waals surface area contributed by atoms with E-state index in [1.807, 2.05) is 12.1 Å². The fourth-order valence-electron chi connectivity index (χ4n) is 3.13. The van der Waals surface area contributed by atoms with Gasteiger partial charge in [0.15, 0.2) is 0 Å². The van der Waals surface area contributed by atoms with Gasteiger partial charge in [0.05, 0.1) is 0 Å². The standard InChI is InChI=1S/C20H15BO2/c22-21(23)16-11-8-15(9-12-16)18-6-3-7-19-17-5-2-1-4-14(17)10-13-20(18)19/h1-13,22-23H. The zero-order valence-electron chi connectivity index (χ0n) is 12.5. The lowest BCUT2D eigenvalue weighted by atomic mass is 9.79. The molecule has 0 aliphatic heterocycles. The molecule has 0 atom stereocenters. The van der Waals surface area contributed by atoms with Crippen molar-refractivity contribution in [2.75, 3.05) is 0 Å². The van der Waals surface area contributed by atoms with Crippen LogP contribution in [0.15, 0.2) is 78.9 Å². The van der Waals surface area contributed by atoms with E-state index in [1.54, 1.807) is 12.1 Å². The molecule has 4 rings (SSSR count). The average Bonchev–Trinajstić information content (AvgIpc) is 2.61. The molecule has 0 aliphatic carbocycles. The molecule has 0 bridgehead atoms. The molecule has 4 aromatic carbocycles. The normalized spacial score (nSPS) is 11.0. The maximum Gasteiger partial charge on any atom is 0.488 e. The Labute approximate surface area is 134 Å². The second kappa shape index (κ2) is 5.54. The Balaban J connectivity index is 1.95. The molecule has 0 saturated carbocycles. The van der Waals surface area contributed by atoms with Crippen molar-refractivity contribution in [2.24, 2.45) is 0 Å². The highest BCUT2D eigenvalue weighted by Gasteiger charge is 2.11. The maximum absolute atomic E-state index is 9.23. The first-order chi connectivity index (χ1) is 11.2. The van der Waals surface area contributed by atoms with E-state index in [9.17, 15) is 10.0 Å². The molecule has 2 nitrogen and oxygen atoms in total. The minimum absolute atomic E-state index is 0.499. The first kappa shape index (κ1) is 14.0. The van der Waals surface area contributed by atoms with Crippen molar-refractivity contribution >= 4 is 34.1 Å². The van der Waals surface area contributed by atoms with Crippen molar-refractivity contribution in [1.29, 1.82) is 0 Å². The molecule has 2 N–H and O–H groups in total. The molecule has 0 aromatic heterocycles. The molecule has 0 unspecified atom stereocenters. The number of benzene rings is 4. The van der Waals surface area contributed by atoms with Crippen molar-refractivity contribution in [3.63, 3.8) is 0 Å². The monoisotopic (exact) mass is 298 g/mol. The SMILES string of the molecule is OB(O)c1ccc(-c2cccc3c2ccc2ccccc23)cc1. The van der Waals surface area contributed by atoms with Crippen LogP contribution in [0, 0.1) is 0 Å². The lowest BCUT2D eigenvalue weighted by Crippen LogP contribution is -2.29. The summed E-state index contributed by atoms with van der Waals surface area (Å²) in [5, 5.41) is 23.4. The van der Waals surface area contributed by atoms with Crippen LogP contribution in [0.25, 0.3) is 32.7 Å². The predicted molar refractivity (Wildman–Crippen MR) is 96.7 cm³/mol. The zero-order valence-corrected chi connectivity index (χ0v) is 12.5. The molecule has 4 aromatic rings. The van der Waals surface area contributed by atoms with Gasteiger partial charge in [-0.25, -0.2) is 0 Å². The summed E-state index contributed by atoms with van der Waals surface area (Å²) < 4.78 is 0. The number of rotatable bonds is 2.